The van der Waals surface area contributed by atoms with Gasteiger partial charge in [0.25, 0.3) is 5.91 Å². The average molecular weight is 495 g/mol. The third kappa shape index (κ3) is 7.77. The van der Waals surface area contributed by atoms with Gasteiger partial charge in [0.2, 0.25) is 10.0 Å². The Morgan fingerprint density at radius 1 is 0.857 bits per heavy atom. The summed E-state index contributed by atoms with van der Waals surface area (Å²) in [7, 11) is -3.73. The Morgan fingerprint density at radius 2 is 1.54 bits per heavy atom. The van der Waals surface area contributed by atoms with Gasteiger partial charge in [0.05, 0.1) is 11.5 Å². The summed E-state index contributed by atoms with van der Waals surface area (Å²) in [6, 6.07) is 20.1. The predicted molar refractivity (Wildman–Crippen MR) is 135 cm³/mol. The lowest BCUT2D eigenvalue weighted by Gasteiger charge is -2.10. The fourth-order valence-electron chi connectivity index (χ4n) is 3.27. The van der Waals surface area contributed by atoms with Gasteiger partial charge >= 0.3 is 0 Å². The van der Waals surface area contributed by atoms with E-state index >= 15 is 0 Å². The van der Waals surface area contributed by atoms with Gasteiger partial charge in [-0.15, -0.1) is 0 Å². The van der Waals surface area contributed by atoms with Crippen LogP contribution in [0.5, 0.6) is 5.75 Å². The van der Waals surface area contributed by atoms with Crippen molar-refractivity contribution in [1.82, 2.24) is 10.0 Å². The predicted octanol–water partition coefficient (Wildman–Crippen LogP) is 4.48. The van der Waals surface area contributed by atoms with E-state index in [1.165, 1.54) is 31.2 Å². The van der Waals surface area contributed by atoms with Crippen LogP contribution in [-0.4, -0.2) is 26.7 Å². The first kappa shape index (κ1) is 26.1. The van der Waals surface area contributed by atoms with Gasteiger partial charge in [-0.05, 0) is 60.9 Å². The van der Waals surface area contributed by atoms with Gasteiger partial charge in [-0.1, -0.05) is 49.7 Å². The third-order valence-electron chi connectivity index (χ3n) is 5.37. The molecule has 8 heteroatoms. The van der Waals surface area contributed by atoms with Crippen molar-refractivity contribution in [1.29, 1.82) is 0 Å². The largest absolute Gasteiger partial charge is 0.494 e. The van der Waals surface area contributed by atoms with E-state index in [0.29, 0.717) is 29.8 Å². The highest BCUT2D eigenvalue weighted by atomic mass is 32.2. The zero-order chi connectivity index (χ0) is 25.3. The van der Waals surface area contributed by atoms with Crippen LogP contribution in [0.15, 0.2) is 77.7 Å². The Kier molecular flexibility index (Phi) is 9.17. The molecule has 1 amide bonds. The Labute approximate surface area is 206 Å². The topological polar surface area (TPSA) is 102 Å². The van der Waals surface area contributed by atoms with Crippen molar-refractivity contribution in [3.05, 3.63) is 95.1 Å². The van der Waals surface area contributed by atoms with Crippen molar-refractivity contribution in [2.24, 2.45) is 0 Å². The number of amides is 1. The van der Waals surface area contributed by atoms with Crippen molar-refractivity contribution in [2.75, 3.05) is 6.61 Å². The van der Waals surface area contributed by atoms with Crippen LogP contribution in [0.2, 0.25) is 0 Å². The summed E-state index contributed by atoms with van der Waals surface area (Å²) in [5, 5.41) is 2.89. The molecule has 2 N–H and O–H groups in total. The van der Waals surface area contributed by atoms with Crippen molar-refractivity contribution in [3.63, 3.8) is 0 Å². The van der Waals surface area contributed by atoms with Crippen LogP contribution in [0, 0.1) is 0 Å². The summed E-state index contributed by atoms with van der Waals surface area (Å²) >= 11 is 0. The molecule has 0 saturated carbocycles. The summed E-state index contributed by atoms with van der Waals surface area (Å²) in [5.41, 5.74) is 2.58. The van der Waals surface area contributed by atoms with Crippen LogP contribution in [0.3, 0.4) is 0 Å². The number of rotatable bonds is 12. The van der Waals surface area contributed by atoms with Crippen LogP contribution in [0.4, 0.5) is 0 Å². The van der Waals surface area contributed by atoms with Gasteiger partial charge < -0.3 is 10.1 Å². The normalized spacial score (nSPS) is 11.1. The molecule has 0 fully saturated rings. The van der Waals surface area contributed by atoms with Crippen molar-refractivity contribution < 1.29 is 22.7 Å². The van der Waals surface area contributed by atoms with Crippen molar-refractivity contribution in [2.45, 2.75) is 44.7 Å². The second-order valence-corrected chi connectivity index (χ2v) is 9.90. The average Bonchev–Trinajstić information content (AvgIpc) is 2.87. The maximum Gasteiger partial charge on any atom is 0.251 e. The summed E-state index contributed by atoms with van der Waals surface area (Å²) in [4.78, 5) is 24.0. The van der Waals surface area contributed by atoms with E-state index in [1.54, 1.807) is 24.3 Å². The fraction of sp³-hybridized carbons (Fsp3) is 0.259. The van der Waals surface area contributed by atoms with E-state index in [-0.39, 0.29) is 23.1 Å². The lowest BCUT2D eigenvalue weighted by atomic mass is 10.1. The summed E-state index contributed by atoms with van der Waals surface area (Å²) < 4.78 is 33.3. The molecule has 3 rings (SSSR count). The lowest BCUT2D eigenvalue weighted by molar-refractivity contribution is 0.0949. The van der Waals surface area contributed by atoms with Gasteiger partial charge in [0, 0.05) is 24.2 Å². The molecule has 0 atom stereocenters. The first-order valence-electron chi connectivity index (χ1n) is 11.5. The smallest absolute Gasteiger partial charge is 0.251 e. The molecular weight excluding hydrogens is 464 g/mol. The second kappa shape index (κ2) is 12.3. The molecule has 35 heavy (non-hydrogen) atoms. The number of carbonyl (C=O) groups excluding carboxylic acids is 2. The van der Waals surface area contributed by atoms with Crippen LogP contribution in [-0.2, 0) is 23.1 Å². The van der Waals surface area contributed by atoms with Gasteiger partial charge in [-0.2, -0.15) is 0 Å². The summed E-state index contributed by atoms with van der Waals surface area (Å²) in [5.74, 6) is 0.433. The molecule has 7 nitrogen and oxygen atoms in total. The monoisotopic (exact) mass is 494 g/mol. The molecule has 0 bridgehead atoms. The Bertz CT molecular complexity index is 1250. The zero-order valence-corrected chi connectivity index (χ0v) is 20.7. The summed E-state index contributed by atoms with van der Waals surface area (Å²) in [6.45, 7) is 4.64. The number of sulfonamides is 1. The van der Waals surface area contributed by atoms with E-state index in [0.717, 1.165) is 24.2 Å². The maximum atomic E-state index is 12.5. The Hall–Kier alpha value is -3.49. The number of Topliss-reactive ketones (excluding diaryl/α,β-unsaturated/α-hetero) is 1. The Morgan fingerprint density at radius 3 is 2.20 bits per heavy atom. The molecule has 0 spiro atoms. The number of benzene rings is 3. The van der Waals surface area contributed by atoms with Crippen LogP contribution < -0.4 is 14.8 Å². The number of ketones is 1. The SMILES string of the molecule is CCCCOc1cccc(CNC(=O)c2ccc(CNS(=O)(=O)c3ccc(C(C)=O)cc3)cc2)c1. The minimum atomic E-state index is -3.73. The molecule has 184 valence electrons. The zero-order valence-electron chi connectivity index (χ0n) is 19.9. The highest BCUT2D eigenvalue weighted by molar-refractivity contribution is 7.89. The standard InChI is InChI=1S/C27H30N2O5S/c1-3-4-16-34-25-7-5-6-22(17-25)18-28-27(31)24-10-8-21(9-11-24)19-29-35(32,33)26-14-12-23(13-15-26)20(2)30/h5-15,17,29H,3-4,16,18-19H2,1-2H3,(H,28,31). The van der Waals surface area contributed by atoms with Crippen LogP contribution in [0.1, 0.15) is 58.5 Å². The number of unbranched alkanes of at least 4 members (excludes halogenated alkanes) is 1. The lowest BCUT2D eigenvalue weighted by Crippen LogP contribution is -2.24. The minimum Gasteiger partial charge on any atom is -0.494 e. The molecule has 0 radical (unpaired) electrons. The van der Waals surface area contributed by atoms with Gasteiger partial charge in [-0.3, -0.25) is 9.59 Å². The molecule has 0 unspecified atom stereocenters. The molecule has 0 aliphatic carbocycles. The summed E-state index contributed by atoms with van der Waals surface area (Å²) in [6.07, 6.45) is 2.06. The van der Waals surface area contributed by atoms with Crippen LogP contribution in [0.25, 0.3) is 0 Å². The molecule has 3 aromatic carbocycles. The van der Waals surface area contributed by atoms with E-state index in [1.807, 2.05) is 24.3 Å². The first-order chi connectivity index (χ1) is 16.8. The number of ether oxygens (including phenoxy) is 1. The van der Waals surface area contributed by atoms with E-state index in [4.69, 9.17) is 4.74 Å². The first-order valence-corrected chi connectivity index (χ1v) is 13.0. The van der Waals surface area contributed by atoms with Gasteiger partial charge in [-0.25, -0.2) is 13.1 Å². The maximum absolute atomic E-state index is 12.5. The van der Waals surface area contributed by atoms with E-state index in [9.17, 15) is 18.0 Å². The number of nitrogens with one attached hydrogen (secondary N) is 2. The van der Waals surface area contributed by atoms with Crippen molar-refractivity contribution in [3.8, 4) is 5.75 Å². The number of hydrogen-bond donors (Lipinski definition) is 2. The minimum absolute atomic E-state index is 0.0729. The molecule has 0 heterocycles. The van der Waals surface area contributed by atoms with Crippen LogP contribution >= 0.6 is 0 Å². The quantitative estimate of drug-likeness (QED) is 0.286. The highest BCUT2D eigenvalue weighted by Gasteiger charge is 2.14. The van der Waals surface area contributed by atoms with E-state index < -0.39 is 10.0 Å². The fourth-order valence-corrected chi connectivity index (χ4v) is 4.29. The number of hydrogen-bond acceptors (Lipinski definition) is 5. The molecule has 0 saturated heterocycles. The second-order valence-electron chi connectivity index (χ2n) is 8.13. The third-order valence-corrected chi connectivity index (χ3v) is 6.79. The molecule has 3 aromatic rings. The van der Waals surface area contributed by atoms with Crippen molar-refractivity contribution >= 4 is 21.7 Å². The molecule has 0 aliphatic heterocycles. The molecule has 0 aromatic heterocycles. The number of carbonyl (C=O) groups is 2. The van der Waals surface area contributed by atoms with Gasteiger partial charge in [0.1, 0.15) is 5.75 Å². The highest BCUT2D eigenvalue weighted by Crippen LogP contribution is 2.15. The Balaban J connectivity index is 1.52. The van der Waals surface area contributed by atoms with E-state index in [2.05, 4.69) is 17.0 Å². The molecular formula is C27H30N2O5S. The molecule has 0 aliphatic rings. The van der Waals surface area contributed by atoms with Gasteiger partial charge in [0.15, 0.2) is 5.78 Å².